The molecule has 0 radical (unpaired) electrons. The third-order valence-electron chi connectivity index (χ3n) is 5.15. The SMILES string of the molecule is CCCCCCCCCCCCCCC(CCCCCC)C(=O)[O-]. The summed E-state index contributed by atoms with van der Waals surface area (Å²) in [5.74, 6) is -1.03. The van der Waals surface area contributed by atoms with Crippen LogP contribution in [0.5, 0.6) is 0 Å². The van der Waals surface area contributed by atoms with Gasteiger partial charge in [0.25, 0.3) is 0 Å². The van der Waals surface area contributed by atoms with Crippen molar-refractivity contribution in [3.63, 3.8) is 0 Å². The van der Waals surface area contributed by atoms with E-state index in [4.69, 9.17) is 0 Å². The lowest BCUT2D eigenvalue weighted by atomic mass is 9.94. The van der Waals surface area contributed by atoms with Gasteiger partial charge in [-0.1, -0.05) is 117 Å². The summed E-state index contributed by atoms with van der Waals surface area (Å²) in [5, 5.41) is 11.2. The average molecular weight is 340 g/mol. The topological polar surface area (TPSA) is 40.1 Å². The van der Waals surface area contributed by atoms with Crippen molar-refractivity contribution < 1.29 is 9.90 Å². The van der Waals surface area contributed by atoms with Crippen LogP contribution in [-0.4, -0.2) is 5.97 Å². The van der Waals surface area contributed by atoms with Gasteiger partial charge in [0.1, 0.15) is 0 Å². The van der Waals surface area contributed by atoms with Crippen LogP contribution in [-0.2, 0) is 4.79 Å². The Morgan fingerprint density at radius 1 is 0.583 bits per heavy atom. The number of unbranched alkanes of at least 4 members (excludes halogenated alkanes) is 14. The van der Waals surface area contributed by atoms with Crippen molar-refractivity contribution >= 4 is 5.97 Å². The fraction of sp³-hybridized carbons (Fsp3) is 0.955. The number of carbonyl (C=O) groups excluding carboxylic acids is 1. The number of carboxylic acids is 1. The smallest absolute Gasteiger partial charge is 0.0445 e. The van der Waals surface area contributed by atoms with Gasteiger partial charge in [-0.15, -0.1) is 0 Å². The van der Waals surface area contributed by atoms with E-state index >= 15 is 0 Å². The molecule has 0 aliphatic carbocycles. The van der Waals surface area contributed by atoms with Crippen LogP contribution in [0.4, 0.5) is 0 Å². The number of hydrogen-bond acceptors (Lipinski definition) is 2. The van der Waals surface area contributed by atoms with Gasteiger partial charge in [-0.25, -0.2) is 0 Å². The van der Waals surface area contributed by atoms with Crippen LogP contribution in [0, 0.1) is 5.92 Å². The van der Waals surface area contributed by atoms with E-state index in [9.17, 15) is 9.90 Å². The number of carboxylic acid groups (broad SMARTS) is 1. The molecule has 2 nitrogen and oxygen atoms in total. The van der Waals surface area contributed by atoms with Gasteiger partial charge in [0.15, 0.2) is 0 Å². The minimum Gasteiger partial charge on any atom is -0.550 e. The second-order valence-electron chi connectivity index (χ2n) is 7.54. The third kappa shape index (κ3) is 16.3. The molecule has 0 aliphatic heterocycles. The van der Waals surface area contributed by atoms with E-state index in [0.29, 0.717) is 0 Å². The molecule has 0 aliphatic rings. The molecule has 2 heteroatoms. The molecule has 0 aromatic rings. The summed E-state index contributed by atoms with van der Waals surface area (Å²) in [6.45, 7) is 4.45. The highest BCUT2D eigenvalue weighted by atomic mass is 16.4. The van der Waals surface area contributed by atoms with Crippen LogP contribution in [0.15, 0.2) is 0 Å². The van der Waals surface area contributed by atoms with Gasteiger partial charge in [0, 0.05) is 5.97 Å². The first-order valence-electron chi connectivity index (χ1n) is 10.9. The summed E-state index contributed by atoms with van der Waals surface area (Å²) < 4.78 is 0. The standard InChI is InChI=1S/C22H44O2/c1-3-5-7-9-10-11-12-13-14-15-16-18-20-21(22(23)24)19-17-8-6-4-2/h21H,3-20H2,1-2H3,(H,23,24)/p-1. The Bertz CT molecular complexity index is 263. The minimum absolute atomic E-state index is 0.204. The van der Waals surface area contributed by atoms with Crippen LogP contribution in [0.2, 0.25) is 0 Å². The molecule has 0 spiro atoms. The summed E-state index contributed by atoms with van der Waals surface area (Å²) in [5.41, 5.74) is 0. The molecule has 0 heterocycles. The Hall–Kier alpha value is -0.530. The van der Waals surface area contributed by atoms with Gasteiger partial charge in [-0.2, -0.15) is 0 Å². The van der Waals surface area contributed by atoms with Gasteiger partial charge < -0.3 is 9.90 Å². The molecule has 0 saturated carbocycles. The van der Waals surface area contributed by atoms with E-state index in [1.165, 1.54) is 89.9 Å². The highest BCUT2D eigenvalue weighted by molar-refractivity contribution is 5.67. The fourth-order valence-corrected chi connectivity index (χ4v) is 3.43. The molecule has 0 bridgehead atoms. The van der Waals surface area contributed by atoms with Crippen LogP contribution >= 0.6 is 0 Å². The summed E-state index contributed by atoms with van der Waals surface area (Å²) in [6.07, 6.45) is 22.2. The highest BCUT2D eigenvalue weighted by Crippen LogP contribution is 2.18. The van der Waals surface area contributed by atoms with Crippen molar-refractivity contribution in [2.24, 2.45) is 5.92 Å². The predicted molar refractivity (Wildman–Crippen MR) is 103 cm³/mol. The number of hydrogen-bond donors (Lipinski definition) is 0. The predicted octanol–water partition coefficient (Wildman–Crippen LogP) is 6.41. The number of carbonyl (C=O) groups is 1. The van der Waals surface area contributed by atoms with Crippen LogP contribution in [0.25, 0.3) is 0 Å². The maximum atomic E-state index is 11.2. The Balaban J connectivity index is 3.37. The zero-order valence-electron chi connectivity index (χ0n) is 16.6. The quantitative estimate of drug-likeness (QED) is 0.255. The number of aliphatic carboxylic acids is 1. The lowest BCUT2D eigenvalue weighted by Gasteiger charge is -2.17. The largest absolute Gasteiger partial charge is 0.550 e. The minimum atomic E-state index is -0.824. The van der Waals surface area contributed by atoms with Crippen molar-refractivity contribution in [3.05, 3.63) is 0 Å². The monoisotopic (exact) mass is 339 g/mol. The number of rotatable bonds is 19. The third-order valence-corrected chi connectivity index (χ3v) is 5.15. The van der Waals surface area contributed by atoms with Crippen molar-refractivity contribution in [1.82, 2.24) is 0 Å². The van der Waals surface area contributed by atoms with Gasteiger partial charge in [0.05, 0.1) is 0 Å². The van der Waals surface area contributed by atoms with E-state index in [1.807, 2.05) is 0 Å². The van der Waals surface area contributed by atoms with Crippen LogP contribution < -0.4 is 5.11 Å². The van der Waals surface area contributed by atoms with Crippen molar-refractivity contribution in [3.8, 4) is 0 Å². The lowest BCUT2D eigenvalue weighted by molar-refractivity contribution is -0.312. The normalized spacial score (nSPS) is 12.4. The summed E-state index contributed by atoms with van der Waals surface area (Å²) in [6, 6.07) is 0. The molecule has 0 saturated heterocycles. The molecular formula is C22H43O2-. The van der Waals surface area contributed by atoms with E-state index in [2.05, 4.69) is 13.8 Å². The second kappa shape index (κ2) is 18.8. The maximum Gasteiger partial charge on any atom is 0.0445 e. The molecule has 0 rings (SSSR count). The molecular weight excluding hydrogens is 296 g/mol. The molecule has 24 heavy (non-hydrogen) atoms. The fourth-order valence-electron chi connectivity index (χ4n) is 3.43. The van der Waals surface area contributed by atoms with Crippen molar-refractivity contribution in [2.75, 3.05) is 0 Å². The zero-order chi connectivity index (χ0) is 17.9. The molecule has 1 unspecified atom stereocenters. The molecule has 0 aromatic carbocycles. The molecule has 0 fully saturated rings. The Labute approximate surface area is 151 Å². The zero-order valence-corrected chi connectivity index (χ0v) is 16.6. The van der Waals surface area contributed by atoms with E-state index < -0.39 is 5.97 Å². The Morgan fingerprint density at radius 2 is 0.875 bits per heavy atom. The Kier molecular flexibility index (Phi) is 18.4. The van der Waals surface area contributed by atoms with Gasteiger partial charge in [-0.05, 0) is 18.8 Å². The van der Waals surface area contributed by atoms with E-state index in [1.54, 1.807) is 0 Å². The van der Waals surface area contributed by atoms with Crippen molar-refractivity contribution in [2.45, 2.75) is 129 Å². The van der Waals surface area contributed by atoms with Gasteiger partial charge in [0.2, 0.25) is 0 Å². The van der Waals surface area contributed by atoms with Crippen molar-refractivity contribution in [1.29, 1.82) is 0 Å². The van der Waals surface area contributed by atoms with Crippen LogP contribution in [0.3, 0.4) is 0 Å². The van der Waals surface area contributed by atoms with Gasteiger partial charge >= 0.3 is 0 Å². The first-order chi connectivity index (χ1) is 11.7. The van der Waals surface area contributed by atoms with Gasteiger partial charge in [-0.3, -0.25) is 0 Å². The Morgan fingerprint density at radius 3 is 1.21 bits per heavy atom. The molecule has 0 N–H and O–H groups in total. The second-order valence-corrected chi connectivity index (χ2v) is 7.54. The van der Waals surface area contributed by atoms with E-state index in [-0.39, 0.29) is 5.92 Å². The summed E-state index contributed by atoms with van der Waals surface area (Å²) in [7, 11) is 0. The molecule has 0 aromatic heterocycles. The first-order valence-corrected chi connectivity index (χ1v) is 10.9. The van der Waals surface area contributed by atoms with Crippen LogP contribution in [0.1, 0.15) is 129 Å². The lowest BCUT2D eigenvalue weighted by Crippen LogP contribution is -2.31. The maximum absolute atomic E-state index is 11.2. The highest BCUT2D eigenvalue weighted by Gasteiger charge is 2.09. The molecule has 144 valence electrons. The average Bonchev–Trinajstić information content (AvgIpc) is 2.57. The summed E-state index contributed by atoms with van der Waals surface area (Å²) in [4.78, 5) is 11.2. The molecule has 0 amide bonds. The van der Waals surface area contributed by atoms with E-state index in [0.717, 1.165) is 25.7 Å². The first kappa shape index (κ1) is 23.5. The summed E-state index contributed by atoms with van der Waals surface area (Å²) >= 11 is 0. The molecule has 1 atom stereocenters.